The van der Waals surface area contributed by atoms with Crippen LogP contribution in [0.5, 0.6) is 0 Å². The Morgan fingerprint density at radius 3 is 2.68 bits per heavy atom. The number of benzene rings is 1. The molecule has 0 aromatic heterocycles. The molecule has 106 valence electrons. The summed E-state index contributed by atoms with van der Waals surface area (Å²) in [6.07, 6.45) is 4.36. The molecule has 2 rings (SSSR count). The maximum Gasteiger partial charge on any atom is 0.126 e. The summed E-state index contributed by atoms with van der Waals surface area (Å²) in [6, 6.07) is 4.27. The Hall–Kier alpha value is -0.960. The SMILES string of the molecule is CC(C)NCC1CCCCC1c1cc(F)ccc1F. The number of halogens is 2. The van der Waals surface area contributed by atoms with Crippen molar-refractivity contribution in [3.05, 3.63) is 35.4 Å². The van der Waals surface area contributed by atoms with Crippen molar-refractivity contribution in [2.45, 2.75) is 51.5 Å². The van der Waals surface area contributed by atoms with Gasteiger partial charge in [-0.3, -0.25) is 0 Å². The van der Waals surface area contributed by atoms with E-state index in [2.05, 4.69) is 19.2 Å². The second kappa shape index (κ2) is 6.47. The van der Waals surface area contributed by atoms with E-state index in [9.17, 15) is 8.78 Å². The van der Waals surface area contributed by atoms with Gasteiger partial charge in [-0.25, -0.2) is 8.78 Å². The molecule has 1 nitrogen and oxygen atoms in total. The molecule has 1 saturated carbocycles. The smallest absolute Gasteiger partial charge is 0.126 e. The Kier molecular flexibility index (Phi) is 4.92. The van der Waals surface area contributed by atoms with Crippen LogP contribution in [0.15, 0.2) is 18.2 Å². The minimum atomic E-state index is -0.336. The molecule has 1 aliphatic rings. The zero-order valence-electron chi connectivity index (χ0n) is 11.8. The summed E-state index contributed by atoms with van der Waals surface area (Å²) in [4.78, 5) is 0. The van der Waals surface area contributed by atoms with Crippen LogP contribution < -0.4 is 5.32 Å². The lowest BCUT2D eigenvalue weighted by Crippen LogP contribution is -2.33. The van der Waals surface area contributed by atoms with E-state index in [1.54, 1.807) is 0 Å². The summed E-state index contributed by atoms with van der Waals surface area (Å²) >= 11 is 0. The summed E-state index contributed by atoms with van der Waals surface area (Å²) in [6.45, 7) is 5.11. The van der Waals surface area contributed by atoms with Gasteiger partial charge in [-0.1, -0.05) is 26.7 Å². The van der Waals surface area contributed by atoms with Crippen LogP contribution in [-0.2, 0) is 0 Å². The number of hydrogen-bond acceptors (Lipinski definition) is 1. The summed E-state index contributed by atoms with van der Waals surface area (Å²) in [7, 11) is 0. The van der Waals surface area contributed by atoms with Crippen LogP contribution >= 0.6 is 0 Å². The van der Waals surface area contributed by atoms with Gasteiger partial charge in [0.1, 0.15) is 11.6 Å². The first-order valence-electron chi connectivity index (χ1n) is 7.26. The normalized spacial score (nSPS) is 23.8. The molecule has 0 saturated heterocycles. The first-order valence-corrected chi connectivity index (χ1v) is 7.26. The number of rotatable bonds is 4. The highest BCUT2D eigenvalue weighted by Gasteiger charge is 2.28. The van der Waals surface area contributed by atoms with Crippen LogP contribution in [0.3, 0.4) is 0 Å². The van der Waals surface area contributed by atoms with Gasteiger partial charge < -0.3 is 5.32 Å². The molecule has 0 spiro atoms. The molecule has 2 atom stereocenters. The average Bonchev–Trinajstić information content (AvgIpc) is 2.39. The van der Waals surface area contributed by atoms with Gasteiger partial charge in [-0.2, -0.15) is 0 Å². The van der Waals surface area contributed by atoms with Crippen LogP contribution in [0.2, 0.25) is 0 Å². The zero-order chi connectivity index (χ0) is 13.8. The van der Waals surface area contributed by atoms with E-state index < -0.39 is 0 Å². The molecule has 2 unspecified atom stereocenters. The van der Waals surface area contributed by atoms with Crippen molar-refractivity contribution in [1.29, 1.82) is 0 Å². The molecular weight excluding hydrogens is 244 g/mol. The molecule has 19 heavy (non-hydrogen) atoms. The molecule has 1 N–H and O–H groups in total. The average molecular weight is 267 g/mol. The minimum Gasteiger partial charge on any atom is -0.314 e. The lowest BCUT2D eigenvalue weighted by atomic mass is 9.75. The second-order valence-corrected chi connectivity index (χ2v) is 5.88. The van der Waals surface area contributed by atoms with Crippen molar-refractivity contribution < 1.29 is 8.78 Å². The maximum absolute atomic E-state index is 13.9. The van der Waals surface area contributed by atoms with E-state index in [1.165, 1.54) is 24.6 Å². The predicted octanol–water partition coefficient (Wildman–Crippen LogP) is 4.24. The van der Waals surface area contributed by atoms with Gasteiger partial charge in [0.05, 0.1) is 0 Å². The maximum atomic E-state index is 13.9. The second-order valence-electron chi connectivity index (χ2n) is 5.88. The monoisotopic (exact) mass is 267 g/mol. The highest BCUT2D eigenvalue weighted by atomic mass is 19.1. The highest BCUT2D eigenvalue weighted by Crippen LogP contribution is 2.38. The van der Waals surface area contributed by atoms with Crippen LogP contribution in [0.4, 0.5) is 8.78 Å². The largest absolute Gasteiger partial charge is 0.314 e. The molecule has 1 aromatic rings. The fourth-order valence-electron chi connectivity index (χ4n) is 3.05. The third-order valence-corrected chi connectivity index (χ3v) is 4.05. The van der Waals surface area contributed by atoms with E-state index in [0.29, 0.717) is 17.5 Å². The molecule has 1 aliphatic carbocycles. The Labute approximate surface area is 114 Å². The molecule has 0 radical (unpaired) electrons. The molecular formula is C16H23F2N. The molecule has 0 heterocycles. The van der Waals surface area contributed by atoms with Crippen LogP contribution in [0, 0.1) is 17.6 Å². The third-order valence-electron chi connectivity index (χ3n) is 4.05. The lowest BCUT2D eigenvalue weighted by molar-refractivity contribution is 0.283. The van der Waals surface area contributed by atoms with Crippen molar-refractivity contribution in [3.8, 4) is 0 Å². The first-order chi connectivity index (χ1) is 9.08. The van der Waals surface area contributed by atoms with Crippen molar-refractivity contribution in [2.24, 2.45) is 5.92 Å². The van der Waals surface area contributed by atoms with Crippen molar-refractivity contribution in [3.63, 3.8) is 0 Å². The zero-order valence-corrected chi connectivity index (χ0v) is 11.8. The Morgan fingerprint density at radius 1 is 1.21 bits per heavy atom. The summed E-state index contributed by atoms with van der Waals surface area (Å²) in [5.41, 5.74) is 0.565. The van der Waals surface area contributed by atoms with Gasteiger partial charge in [0, 0.05) is 6.04 Å². The van der Waals surface area contributed by atoms with E-state index in [4.69, 9.17) is 0 Å². The fourth-order valence-corrected chi connectivity index (χ4v) is 3.05. The summed E-state index contributed by atoms with van der Waals surface area (Å²) in [5, 5.41) is 3.43. The molecule has 1 aromatic carbocycles. The minimum absolute atomic E-state index is 0.149. The van der Waals surface area contributed by atoms with Gasteiger partial charge in [-0.05, 0) is 55.0 Å². The topological polar surface area (TPSA) is 12.0 Å². The van der Waals surface area contributed by atoms with Crippen molar-refractivity contribution in [2.75, 3.05) is 6.54 Å². The standard InChI is InChI=1S/C16H23F2N/c1-11(2)19-10-12-5-3-4-6-14(12)15-9-13(17)7-8-16(15)18/h7-9,11-12,14,19H,3-6,10H2,1-2H3. The van der Waals surface area contributed by atoms with Crippen LogP contribution in [0.1, 0.15) is 51.0 Å². The van der Waals surface area contributed by atoms with Gasteiger partial charge >= 0.3 is 0 Å². The van der Waals surface area contributed by atoms with Crippen LogP contribution in [0.25, 0.3) is 0 Å². The van der Waals surface area contributed by atoms with Gasteiger partial charge in [-0.15, -0.1) is 0 Å². The quantitative estimate of drug-likeness (QED) is 0.860. The Morgan fingerprint density at radius 2 is 1.95 bits per heavy atom. The lowest BCUT2D eigenvalue weighted by Gasteiger charge is -2.33. The molecule has 1 fully saturated rings. The fraction of sp³-hybridized carbons (Fsp3) is 0.625. The van der Waals surface area contributed by atoms with Crippen molar-refractivity contribution >= 4 is 0 Å². The molecule has 0 bridgehead atoms. The van der Waals surface area contributed by atoms with Crippen molar-refractivity contribution in [1.82, 2.24) is 5.32 Å². The highest BCUT2D eigenvalue weighted by molar-refractivity contribution is 5.24. The van der Waals surface area contributed by atoms with E-state index in [1.807, 2.05) is 0 Å². The Balaban J connectivity index is 2.16. The Bertz CT molecular complexity index is 417. The third kappa shape index (κ3) is 3.75. The van der Waals surface area contributed by atoms with Crippen LogP contribution in [-0.4, -0.2) is 12.6 Å². The van der Waals surface area contributed by atoms with Gasteiger partial charge in [0.25, 0.3) is 0 Å². The summed E-state index contributed by atoms with van der Waals surface area (Å²) < 4.78 is 27.3. The molecule has 3 heteroatoms. The van der Waals surface area contributed by atoms with Gasteiger partial charge in [0.15, 0.2) is 0 Å². The van der Waals surface area contributed by atoms with E-state index in [0.717, 1.165) is 25.8 Å². The van der Waals surface area contributed by atoms with Gasteiger partial charge in [0.2, 0.25) is 0 Å². The number of nitrogens with one attached hydrogen (secondary N) is 1. The molecule has 0 aliphatic heterocycles. The van der Waals surface area contributed by atoms with E-state index >= 15 is 0 Å². The summed E-state index contributed by atoms with van der Waals surface area (Å²) in [5.74, 6) is -0.0384. The van der Waals surface area contributed by atoms with E-state index in [-0.39, 0.29) is 17.6 Å². The predicted molar refractivity (Wildman–Crippen MR) is 74.2 cm³/mol. The molecule has 0 amide bonds. The number of hydrogen-bond donors (Lipinski definition) is 1. The first kappa shape index (κ1) is 14.4.